The molecule has 154 valence electrons. The fourth-order valence-electron chi connectivity index (χ4n) is 2.91. The van der Waals surface area contributed by atoms with Crippen LogP contribution in [-0.2, 0) is 14.3 Å². The monoisotopic (exact) mass is 414 g/mol. The number of rotatable bonds is 5. The highest BCUT2D eigenvalue weighted by atomic mass is 35.5. The number of benzene rings is 2. The molecule has 0 saturated heterocycles. The van der Waals surface area contributed by atoms with Gasteiger partial charge in [0.15, 0.2) is 0 Å². The molecule has 2 aromatic carbocycles. The number of benzodiazepines with no additional fused rings is 1. The third-order valence-electron chi connectivity index (χ3n) is 4.07. The summed E-state index contributed by atoms with van der Waals surface area (Å²) in [5, 5.41) is 0.562. The van der Waals surface area contributed by atoms with Gasteiger partial charge in [-0.3, -0.25) is 14.6 Å². The Balaban J connectivity index is 0.000000941. The lowest BCUT2D eigenvalue weighted by atomic mass is 10.00. The number of nitrogens with zero attached hydrogens (tertiary/aromatic N) is 2. The number of aliphatic imine (C=N–C) groups is 1. The van der Waals surface area contributed by atoms with E-state index in [2.05, 4.69) is 18.8 Å². The maximum Gasteiger partial charge on any atom is 0.307 e. The Labute approximate surface area is 177 Å². The Kier molecular flexibility index (Phi) is 8.87. The minimum Gasteiger partial charge on any atom is -0.466 e. The van der Waals surface area contributed by atoms with Gasteiger partial charge in [0.2, 0.25) is 5.91 Å². The summed E-state index contributed by atoms with van der Waals surface area (Å²) >= 11 is 6.20. The first-order valence-corrected chi connectivity index (χ1v) is 10.2. The molecule has 1 aliphatic heterocycles. The number of amides is 1. The predicted molar refractivity (Wildman–Crippen MR) is 118 cm³/mol. The number of anilines is 1. The molecule has 29 heavy (non-hydrogen) atoms. The lowest BCUT2D eigenvalue weighted by Gasteiger charge is -2.23. The number of carbonyl (C=O) groups excluding carboxylic acids is 2. The minimum absolute atomic E-state index is 0.0132. The molecule has 1 heterocycles. The van der Waals surface area contributed by atoms with Crippen molar-refractivity contribution in [3.63, 3.8) is 0 Å². The maximum atomic E-state index is 12.6. The number of hydrogen-bond acceptors (Lipinski definition) is 4. The van der Waals surface area contributed by atoms with Crippen LogP contribution in [0, 0.1) is 0 Å². The van der Waals surface area contributed by atoms with E-state index in [1.54, 1.807) is 30.0 Å². The van der Waals surface area contributed by atoms with Crippen LogP contribution in [0.1, 0.15) is 44.7 Å². The molecule has 2 aromatic rings. The van der Waals surface area contributed by atoms with Gasteiger partial charge in [-0.1, -0.05) is 62.2 Å². The van der Waals surface area contributed by atoms with E-state index in [0.29, 0.717) is 17.3 Å². The summed E-state index contributed by atoms with van der Waals surface area (Å²) in [6.07, 6.45) is 1.38. The van der Waals surface area contributed by atoms with Gasteiger partial charge in [-0.15, -0.1) is 0 Å². The van der Waals surface area contributed by atoms with Crippen LogP contribution >= 0.6 is 11.6 Å². The van der Waals surface area contributed by atoms with Crippen molar-refractivity contribution in [2.75, 3.05) is 24.6 Å². The van der Waals surface area contributed by atoms with Crippen LogP contribution in [0.25, 0.3) is 0 Å². The molecule has 0 spiro atoms. The van der Waals surface area contributed by atoms with Crippen molar-refractivity contribution in [1.29, 1.82) is 0 Å². The normalized spacial score (nSPS) is 12.9. The number of hydrogen-bond donors (Lipinski definition) is 0. The molecule has 0 fully saturated rings. The van der Waals surface area contributed by atoms with Gasteiger partial charge in [-0.25, -0.2) is 0 Å². The van der Waals surface area contributed by atoms with Crippen molar-refractivity contribution in [3.8, 4) is 0 Å². The first-order valence-electron chi connectivity index (χ1n) is 9.87. The van der Waals surface area contributed by atoms with Crippen LogP contribution in [0.15, 0.2) is 53.5 Å². The van der Waals surface area contributed by atoms with Crippen LogP contribution in [-0.4, -0.2) is 37.3 Å². The van der Waals surface area contributed by atoms with Gasteiger partial charge in [-0.2, -0.15) is 0 Å². The molecular weight excluding hydrogens is 388 g/mol. The number of halogens is 1. The molecule has 6 heteroatoms. The summed E-state index contributed by atoms with van der Waals surface area (Å²) < 4.78 is 4.97. The topological polar surface area (TPSA) is 59.0 Å². The Morgan fingerprint density at radius 3 is 2.48 bits per heavy atom. The van der Waals surface area contributed by atoms with Crippen LogP contribution in [0.2, 0.25) is 5.02 Å². The van der Waals surface area contributed by atoms with Crippen molar-refractivity contribution in [2.45, 2.75) is 33.6 Å². The molecule has 5 nitrogen and oxygen atoms in total. The zero-order chi connectivity index (χ0) is 21.2. The average molecular weight is 415 g/mol. The molecule has 0 atom stereocenters. The molecular formula is C23H27ClN2O3. The summed E-state index contributed by atoms with van der Waals surface area (Å²) in [4.78, 5) is 30.5. The van der Waals surface area contributed by atoms with Crippen molar-refractivity contribution < 1.29 is 14.3 Å². The predicted octanol–water partition coefficient (Wildman–Crippen LogP) is 4.89. The van der Waals surface area contributed by atoms with Crippen molar-refractivity contribution in [1.82, 2.24) is 0 Å². The first-order chi connectivity index (χ1) is 14.0. The number of carbonyl (C=O) groups is 2. The molecule has 1 amide bonds. The Morgan fingerprint density at radius 1 is 1.14 bits per heavy atom. The molecule has 0 saturated carbocycles. The van der Waals surface area contributed by atoms with Gasteiger partial charge in [0.1, 0.15) is 6.54 Å². The van der Waals surface area contributed by atoms with Crippen molar-refractivity contribution >= 4 is 34.9 Å². The smallest absolute Gasteiger partial charge is 0.307 e. The quantitative estimate of drug-likeness (QED) is 0.654. The molecule has 0 bridgehead atoms. The molecule has 0 unspecified atom stereocenters. The summed E-state index contributed by atoms with van der Waals surface area (Å²) in [6.45, 7) is 6.58. The minimum atomic E-state index is -0.329. The van der Waals surface area contributed by atoms with E-state index >= 15 is 0 Å². The van der Waals surface area contributed by atoms with Gasteiger partial charge in [0, 0.05) is 22.7 Å². The average Bonchev–Trinajstić information content (AvgIpc) is 2.84. The van der Waals surface area contributed by atoms with E-state index in [1.807, 2.05) is 30.3 Å². The number of esters is 1. The zero-order valence-corrected chi connectivity index (χ0v) is 17.9. The lowest BCUT2D eigenvalue weighted by Crippen LogP contribution is -2.34. The van der Waals surface area contributed by atoms with Crippen molar-refractivity contribution in [2.24, 2.45) is 4.99 Å². The van der Waals surface area contributed by atoms with Crippen molar-refractivity contribution in [3.05, 3.63) is 64.7 Å². The largest absolute Gasteiger partial charge is 0.466 e. The lowest BCUT2D eigenvalue weighted by molar-refractivity contribution is -0.142. The van der Waals surface area contributed by atoms with Gasteiger partial charge >= 0.3 is 5.97 Å². The summed E-state index contributed by atoms with van der Waals surface area (Å²) in [7, 11) is 0. The second kappa shape index (κ2) is 11.4. The fraction of sp³-hybridized carbons (Fsp3) is 0.348. The highest BCUT2D eigenvalue weighted by Gasteiger charge is 2.25. The molecule has 3 rings (SSSR count). The Bertz CT molecular complexity index is 866. The number of fused-ring (bicyclic) bond motifs is 1. The molecule has 1 aliphatic rings. The highest BCUT2D eigenvalue weighted by Crippen LogP contribution is 2.29. The maximum absolute atomic E-state index is 12.6. The SMILES string of the molecule is CCC.CCOC(=O)CCN1C(=O)CN=C(c2ccccc2)c2cc(Cl)ccc21. The van der Waals surface area contributed by atoms with Gasteiger partial charge in [-0.05, 0) is 25.1 Å². The van der Waals surface area contributed by atoms with E-state index in [4.69, 9.17) is 16.3 Å². The highest BCUT2D eigenvalue weighted by molar-refractivity contribution is 6.32. The van der Waals surface area contributed by atoms with Gasteiger partial charge < -0.3 is 9.64 Å². The molecule has 0 aliphatic carbocycles. The standard InChI is InChI=1S/C20H19ClN2O3.C3H8/c1-2-26-19(25)10-11-23-17-9-8-15(21)12-16(17)20(22-13-18(23)24)14-6-4-3-5-7-14;1-3-2/h3-9,12H,2,10-11,13H2,1H3;3H2,1-2H3. The summed E-state index contributed by atoms with van der Waals surface area (Å²) in [5.74, 6) is -0.493. The van der Waals surface area contributed by atoms with Gasteiger partial charge in [0.05, 0.1) is 24.4 Å². The summed E-state index contributed by atoms with van der Waals surface area (Å²) in [5.41, 5.74) is 3.10. The Hall–Kier alpha value is -2.66. The van der Waals surface area contributed by atoms with E-state index in [0.717, 1.165) is 16.8 Å². The fourth-order valence-corrected chi connectivity index (χ4v) is 3.08. The van der Waals surface area contributed by atoms with E-state index in [9.17, 15) is 9.59 Å². The summed E-state index contributed by atoms with van der Waals surface area (Å²) in [6, 6.07) is 15.0. The van der Waals surface area contributed by atoms with E-state index in [1.165, 1.54) is 6.42 Å². The van der Waals surface area contributed by atoms with Gasteiger partial charge in [0.25, 0.3) is 0 Å². The van der Waals surface area contributed by atoms with E-state index < -0.39 is 0 Å². The molecule has 0 N–H and O–H groups in total. The molecule has 0 radical (unpaired) electrons. The first kappa shape index (κ1) is 22.6. The Morgan fingerprint density at radius 2 is 1.83 bits per heavy atom. The molecule has 0 aromatic heterocycles. The van der Waals surface area contributed by atoms with Crippen LogP contribution < -0.4 is 4.90 Å². The van der Waals surface area contributed by atoms with Crippen LogP contribution in [0.5, 0.6) is 0 Å². The second-order valence-corrected chi connectivity index (χ2v) is 6.94. The third-order valence-corrected chi connectivity index (χ3v) is 4.31. The zero-order valence-electron chi connectivity index (χ0n) is 17.2. The second-order valence-electron chi connectivity index (χ2n) is 6.50. The third kappa shape index (κ3) is 6.16. The van der Waals surface area contributed by atoms with Crippen LogP contribution in [0.4, 0.5) is 5.69 Å². The van der Waals surface area contributed by atoms with E-state index in [-0.39, 0.29) is 31.4 Å². The van der Waals surface area contributed by atoms with Crippen LogP contribution in [0.3, 0.4) is 0 Å². The number of ether oxygens (including phenoxy) is 1.